The Bertz CT molecular complexity index is 2970. The zero-order chi connectivity index (χ0) is 43.8. The van der Waals surface area contributed by atoms with E-state index in [0.717, 1.165) is 89.8 Å². The first-order valence-electron chi connectivity index (χ1n) is 21.0. The predicted molar refractivity (Wildman–Crippen MR) is 261 cm³/mol. The number of aromatic nitrogens is 4. The molecule has 0 aliphatic heterocycles. The smallest absolute Gasteiger partial charge is 0.190 e. The van der Waals surface area contributed by atoms with Crippen LogP contribution in [0.4, 0.5) is 11.4 Å². The quantitative estimate of drug-likeness (QED) is 0.142. The van der Waals surface area contributed by atoms with Crippen LogP contribution in [0.5, 0.6) is 0 Å². The molecule has 1 radical (unpaired) electrons. The molecule has 0 saturated heterocycles. The summed E-state index contributed by atoms with van der Waals surface area (Å²) in [4.78, 5) is 16.7. The average Bonchev–Trinajstić information content (AvgIpc) is 4.06. The van der Waals surface area contributed by atoms with Crippen molar-refractivity contribution in [2.45, 2.75) is 13.8 Å². The number of benzene rings is 8. The summed E-state index contributed by atoms with van der Waals surface area (Å²) >= 11 is 0. The Labute approximate surface area is 393 Å². The first-order chi connectivity index (χ1) is 31.5. The van der Waals surface area contributed by atoms with Crippen molar-refractivity contribution in [1.82, 2.24) is 19.1 Å². The van der Waals surface area contributed by atoms with Crippen LogP contribution < -0.4 is 0 Å². The molecule has 0 saturated carbocycles. The van der Waals surface area contributed by atoms with Gasteiger partial charge in [-0.15, -0.1) is 23.3 Å². The van der Waals surface area contributed by atoms with Crippen molar-refractivity contribution >= 4 is 11.4 Å². The molecule has 10 aromatic rings. The first kappa shape index (κ1) is 43.5. The molecule has 313 valence electrons. The third kappa shape index (κ3) is 9.03. The summed E-state index contributed by atoms with van der Waals surface area (Å²) in [6.45, 7) is 18.9. The normalized spacial score (nSPS) is 10.5. The molecule has 0 aliphatic rings. The van der Waals surface area contributed by atoms with E-state index in [-0.39, 0.29) is 20.1 Å². The maximum absolute atomic E-state index is 7.52. The topological polar surface area (TPSA) is 44.4 Å². The molecule has 0 spiro atoms. The number of hydrogen-bond acceptors (Lipinski definition) is 2. The number of hydrogen-bond donors (Lipinski definition) is 0. The molecular formula is C58H41IrN6-. The fourth-order valence-electron chi connectivity index (χ4n) is 8.06. The third-order valence-electron chi connectivity index (χ3n) is 11.3. The van der Waals surface area contributed by atoms with Gasteiger partial charge in [-0.25, -0.2) is 9.83 Å². The van der Waals surface area contributed by atoms with Crippen molar-refractivity contribution in [2.24, 2.45) is 0 Å². The van der Waals surface area contributed by atoms with Gasteiger partial charge in [0, 0.05) is 72.7 Å². The Balaban J connectivity index is 0.000000175. The molecule has 0 aliphatic carbocycles. The van der Waals surface area contributed by atoms with E-state index in [1.54, 1.807) is 6.20 Å². The number of nitrogens with zero attached hydrogens (tertiary/aromatic N) is 6. The van der Waals surface area contributed by atoms with E-state index in [2.05, 4.69) is 163 Å². The number of rotatable bonds is 8. The van der Waals surface area contributed by atoms with Crippen LogP contribution in [-0.4, -0.2) is 19.1 Å². The van der Waals surface area contributed by atoms with E-state index in [0.29, 0.717) is 11.4 Å². The zero-order valence-corrected chi connectivity index (χ0v) is 38.1. The summed E-state index contributed by atoms with van der Waals surface area (Å²) in [5.41, 5.74) is 16.0. The second-order valence-electron chi connectivity index (χ2n) is 15.2. The van der Waals surface area contributed by atoms with Crippen LogP contribution in [0.15, 0.2) is 213 Å². The van der Waals surface area contributed by atoms with Crippen LogP contribution in [0.3, 0.4) is 0 Å². The molecule has 2 heterocycles. The van der Waals surface area contributed by atoms with E-state index in [1.165, 1.54) is 0 Å². The summed E-state index contributed by atoms with van der Waals surface area (Å²) in [5.74, 6) is 1.57. The molecule has 0 unspecified atom stereocenters. The summed E-state index contributed by atoms with van der Waals surface area (Å²) in [6, 6.07) is 67.4. The fourth-order valence-corrected chi connectivity index (χ4v) is 8.06. The Hall–Kier alpha value is -8.19. The predicted octanol–water partition coefficient (Wildman–Crippen LogP) is 15.3. The van der Waals surface area contributed by atoms with Crippen molar-refractivity contribution in [3.8, 4) is 78.7 Å². The van der Waals surface area contributed by atoms with E-state index >= 15 is 0 Å². The van der Waals surface area contributed by atoms with Crippen LogP contribution in [0.25, 0.3) is 88.3 Å². The van der Waals surface area contributed by atoms with Crippen LogP contribution in [0.2, 0.25) is 0 Å². The molecule has 10 rings (SSSR count). The second-order valence-corrected chi connectivity index (χ2v) is 15.2. The number of imidazole rings is 2. The molecule has 65 heavy (non-hydrogen) atoms. The Morgan fingerprint density at radius 3 is 1.26 bits per heavy atom. The van der Waals surface area contributed by atoms with Gasteiger partial charge in [0.2, 0.25) is 0 Å². The van der Waals surface area contributed by atoms with Gasteiger partial charge in [-0.1, -0.05) is 177 Å². The minimum absolute atomic E-state index is 0. The van der Waals surface area contributed by atoms with Crippen LogP contribution in [-0.2, 0) is 20.1 Å². The van der Waals surface area contributed by atoms with Crippen LogP contribution in [0, 0.1) is 33.1 Å². The van der Waals surface area contributed by atoms with Gasteiger partial charge in [-0.2, -0.15) is 6.07 Å². The summed E-state index contributed by atoms with van der Waals surface area (Å²) in [5, 5.41) is 0. The molecule has 0 amide bonds. The van der Waals surface area contributed by atoms with Gasteiger partial charge in [-0.05, 0) is 40.8 Å². The van der Waals surface area contributed by atoms with Gasteiger partial charge >= 0.3 is 0 Å². The second kappa shape index (κ2) is 19.9. The van der Waals surface area contributed by atoms with Crippen molar-refractivity contribution in [3.63, 3.8) is 0 Å². The van der Waals surface area contributed by atoms with Gasteiger partial charge in [0.25, 0.3) is 0 Å². The standard InChI is InChI=1S/C29H21N3.C29H20N3.Ir/c2*1-21-16-17-24(20-27(21)30-2)29-31-18-19-32(29)28-25(22-10-5-3-6-11-22)14-9-15-26(28)23-12-7-4-8-13-23;/h3-20H,1H3;3-16,18-20H,1H3;/q;-1;. The van der Waals surface area contributed by atoms with E-state index < -0.39 is 0 Å². The van der Waals surface area contributed by atoms with Crippen molar-refractivity contribution in [2.75, 3.05) is 0 Å². The van der Waals surface area contributed by atoms with E-state index in [1.807, 2.05) is 87.0 Å². The molecular weight excluding hydrogens is 973 g/mol. The van der Waals surface area contributed by atoms with Crippen molar-refractivity contribution < 1.29 is 20.1 Å². The molecule has 6 nitrogen and oxygen atoms in total. The van der Waals surface area contributed by atoms with Crippen LogP contribution >= 0.6 is 0 Å². The molecule has 0 N–H and O–H groups in total. The molecule has 0 fully saturated rings. The van der Waals surface area contributed by atoms with Gasteiger partial charge in [0.05, 0.1) is 30.3 Å². The summed E-state index contributed by atoms with van der Waals surface area (Å²) in [7, 11) is 0. The molecule has 0 atom stereocenters. The summed E-state index contributed by atoms with van der Waals surface area (Å²) < 4.78 is 4.25. The first-order valence-corrected chi connectivity index (χ1v) is 21.0. The van der Waals surface area contributed by atoms with Gasteiger partial charge in [0.15, 0.2) is 5.69 Å². The Morgan fingerprint density at radius 1 is 0.431 bits per heavy atom. The molecule has 2 aromatic heterocycles. The fraction of sp³-hybridized carbons (Fsp3) is 0.0345. The monoisotopic (exact) mass is 1010 g/mol. The third-order valence-corrected chi connectivity index (χ3v) is 11.3. The summed E-state index contributed by atoms with van der Waals surface area (Å²) in [6.07, 6.45) is 7.61. The molecule has 8 aromatic carbocycles. The van der Waals surface area contributed by atoms with Crippen molar-refractivity contribution in [3.05, 3.63) is 253 Å². The zero-order valence-electron chi connectivity index (χ0n) is 35.7. The minimum atomic E-state index is 0. The SMILES string of the molecule is [C-]#[N+]c1cc(-c2nccn2-c2c(-c3ccccc3)cccc2-c2ccccc2)[c-]cc1C.[C-]#[N+]c1cc(-c2nccn2-c2c(-c3ccccc3)cccc2-c2ccccc2)ccc1C.[Ir]. The van der Waals surface area contributed by atoms with Crippen molar-refractivity contribution in [1.29, 1.82) is 0 Å². The van der Waals surface area contributed by atoms with E-state index in [4.69, 9.17) is 18.1 Å². The van der Waals surface area contributed by atoms with E-state index in [9.17, 15) is 0 Å². The number of aryl methyl sites for hydroxylation is 2. The van der Waals surface area contributed by atoms with Crippen LogP contribution in [0.1, 0.15) is 11.1 Å². The largest absolute Gasteiger partial charge is 0.339 e. The average molecular weight is 1010 g/mol. The molecule has 0 bridgehead atoms. The number of para-hydroxylation sites is 2. The Kier molecular flexibility index (Phi) is 13.3. The van der Waals surface area contributed by atoms with Gasteiger partial charge < -0.3 is 4.57 Å². The minimum Gasteiger partial charge on any atom is -0.339 e. The maximum atomic E-state index is 7.52. The molecule has 7 heteroatoms. The maximum Gasteiger partial charge on any atom is 0.190 e. The van der Waals surface area contributed by atoms with Gasteiger partial charge in [0.1, 0.15) is 11.5 Å². The van der Waals surface area contributed by atoms with Gasteiger partial charge in [-0.3, -0.25) is 14.4 Å². The Morgan fingerprint density at radius 2 is 0.831 bits per heavy atom.